The molecule has 0 radical (unpaired) electrons. The Morgan fingerprint density at radius 3 is 2.76 bits per heavy atom. The van der Waals surface area contributed by atoms with Crippen molar-refractivity contribution >= 4 is 11.8 Å². The summed E-state index contributed by atoms with van der Waals surface area (Å²) >= 11 is 0. The van der Waals surface area contributed by atoms with E-state index >= 15 is 0 Å². The molecule has 1 aliphatic heterocycles. The summed E-state index contributed by atoms with van der Waals surface area (Å²) in [4.78, 5) is 26.4. The van der Waals surface area contributed by atoms with E-state index in [0.29, 0.717) is 43.8 Å². The van der Waals surface area contributed by atoms with Crippen LogP contribution in [0.1, 0.15) is 42.9 Å². The van der Waals surface area contributed by atoms with Gasteiger partial charge in [0.25, 0.3) is 5.91 Å². The van der Waals surface area contributed by atoms with Gasteiger partial charge in [0.15, 0.2) is 0 Å². The van der Waals surface area contributed by atoms with E-state index in [1.807, 2.05) is 24.8 Å². The Morgan fingerprint density at radius 1 is 1.36 bits per heavy atom. The summed E-state index contributed by atoms with van der Waals surface area (Å²) in [6.45, 7) is 8.52. The lowest BCUT2D eigenvalue weighted by atomic mass is 9.98. The Labute approximate surface area is 148 Å². The second kappa shape index (κ2) is 7.56. The van der Waals surface area contributed by atoms with Crippen LogP contribution >= 0.6 is 0 Å². The zero-order valence-corrected chi connectivity index (χ0v) is 15.3. The number of nitrogens with zero attached hydrogens (tertiary/aromatic N) is 3. The summed E-state index contributed by atoms with van der Waals surface area (Å²) in [5, 5.41) is 7.56. The summed E-state index contributed by atoms with van der Waals surface area (Å²) in [6.07, 6.45) is 2.41. The van der Waals surface area contributed by atoms with Crippen molar-refractivity contribution in [2.24, 2.45) is 11.8 Å². The maximum absolute atomic E-state index is 12.8. The molecule has 0 bridgehead atoms. The van der Waals surface area contributed by atoms with E-state index in [9.17, 15) is 9.59 Å². The Balaban J connectivity index is 1.67. The molecule has 7 nitrogen and oxygen atoms in total. The van der Waals surface area contributed by atoms with E-state index in [4.69, 9.17) is 4.74 Å². The van der Waals surface area contributed by atoms with Crippen LogP contribution < -0.4 is 5.32 Å². The van der Waals surface area contributed by atoms with Gasteiger partial charge in [-0.2, -0.15) is 5.10 Å². The largest absolute Gasteiger partial charge is 0.380 e. The molecule has 1 N–H and O–H groups in total. The standard InChI is InChI=1S/C18H28N4O3/c1-4-25-8-7-22-17(9-12(2)20-22)18(24)19-16-11-21(13(3)23)10-15(16)14-5-6-14/h9,14-16H,4-8,10-11H2,1-3H3,(H,19,24)/t15-,16+/m1/s1. The summed E-state index contributed by atoms with van der Waals surface area (Å²) in [7, 11) is 0. The maximum Gasteiger partial charge on any atom is 0.269 e. The molecule has 3 rings (SSSR count). The van der Waals surface area contributed by atoms with Crippen molar-refractivity contribution in [3.05, 3.63) is 17.5 Å². The molecule has 138 valence electrons. The number of aromatic nitrogens is 2. The normalized spacial score (nSPS) is 23.1. The predicted molar refractivity (Wildman–Crippen MR) is 93.2 cm³/mol. The number of rotatable bonds is 7. The first-order valence-corrected chi connectivity index (χ1v) is 9.18. The quantitative estimate of drug-likeness (QED) is 0.752. The second-order valence-electron chi connectivity index (χ2n) is 7.10. The van der Waals surface area contributed by atoms with Gasteiger partial charge >= 0.3 is 0 Å². The second-order valence-corrected chi connectivity index (χ2v) is 7.10. The number of hydrogen-bond acceptors (Lipinski definition) is 4. The van der Waals surface area contributed by atoms with Crippen LogP contribution in [0.15, 0.2) is 6.07 Å². The highest BCUT2D eigenvalue weighted by molar-refractivity contribution is 5.93. The summed E-state index contributed by atoms with van der Waals surface area (Å²) in [5.74, 6) is 0.978. The van der Waals surface area contributed by atoms with E-state index in [1.165, 1.54) is 12.8 Å². The van der Waals surface area contributed by atoms with Gasteiger partial charge in [0.1, 0.15) is 5.69 Å². The number of carbonyl (C=O) groups is 2. The molecule has 0 aromatic carbocycles. The van der Waals surface area contributed by atoms with E-state index in [2.05, 4.69) is 10.4 Å². The van der Waals surface area contributed by atoms with Gasteiger partial charge in [0.2, 0.25) is 5.91 Å². The molecule has 1 saturated carbocycles. The molecule has 1 aromatic heterocycles. The molecule has 0 spiro atoms. The van der Waals surface area contributed by atoms with E-state index in [-0.39, 0.29) is 17.9 Å². The van der Waals surface area contributed by atoms with Crippen molar-refractivity contribution in [2.75, 3.05) is 26.3 Å². The highest BCUT2D eigenvalue weighted by Gasteiger charge is 2.43. The minimum absolute atomic E-state index is 0.0273. The van der Waals surface area contributed by atoms with Gasteiger partial charge in [0.05, 0.1) is 24.9 Å². The molecule has 2 atom stereocenters. The number of ether oxygens (including phenoxy) is 1. The van der Waals surface area contributed by atoms with Crippen LogP contribution in [0.3, 0.4) is 0 Å². The Bertz CT molecular complexity index is 638. The fraction of sp³-hybridized carbons (Fsp3) is 0.722. The average molecular weight is 348 g/mol. The van der Waals surface area contributed by atoms with Crippen LogP contribution in [0.2, 0.25) is 0 Å². The predicted octanol–water partition coefficient (Wildman–Crippen LogP) is 1.21. The van der Waals surface area contributed by atoms with Gasteiger partial charge in [-0.1, -0.05) is 0 Å². The average Bonchev–Trinajstić information content (AvgIpc) is 3.21. The molecular formula is C18H28N4O3. The lowest BCUT2D eigenvalue weighted by Crippen LogP contribution is -2.42. The van der Waals surface area contributed by atoms with Gasteiger partial charge < -0.3 is 15.0 Å². The van der Waals surface area contributed by atoms with Gasteiger partial charge in [-0.15, -0.1) is 0 Å². The van der Waals surface area contributed by atoms with Crippen LogP contribution in [0.5, 0.6) is 0 Å². The van der Waals surface area contributed by atoms with E-state index in [0.717, 1.165) is 12.2 Å². The number of carbonyl (C=O) groups excluding carboxylic acids is 2. The number of likely N-dealkylation sites (tertiary alicyclic amines) is 1. The number of nitrogens with one attached hydrogen (secondary N) is 1. The zero-order chi connectivity index (χ0) is 18.0. The van der Waals surface area contributed by atoms with Crippen molar-refractivity contribution < 1.29 is 14.3 Å². The summed E-state index contributed by atoms with van der Waals surface area (Å²) in [5.41, 5.74) is 1.38. The maximum atomic E-state index is 12.8. The molecule has 1 saturated heterocycles. The Morgan fingerprint density at radius 2 is 2.12 bits per heavy atom. The van der Waals surface area contributed by atoms with Gasteiger partial charge in [-0.3, -0.25) is 14.3 Å². The third-order valence-electron chi connectivity index (χ3n) is 5.14. The fourth-order valence-electron chi connectivity index (χ4n) is 3.68. The van der Waals surface area contributed by atoms with E-state index in [1.54, 1.807) is 11.6 Å². The van der Waals surface area contributed by atoms with Crippen molar-refractivity contribution in [3.8, 4) is 0 Å². The van der Waals surface area contributed by atoms with Crippen LogP contribution in [0.4, 0.5) is 0 Å². The van der Waals surface area contributed by atoms with Gasteiger partial charge in [0, 0.05) is 32.5 Å². The van der Waals surface area contributed by atoms with Crippen molar-refractivity contribution in [2.45, 2.75) is 46.2 Å². The lowest BCUT2D eigenvalue weighted by Gasteiger charge is -2.19. The van der Waals surface area contributed by atoms with Crippen molar-refractivity contribution in [3.63, 3.8) is 0 Å². The third kappa shape index (κ3) is 4.21. The molecule has 2 fully saturated rings. The molecule has 1 aromatic rings. The van der Waals surface area contributed by atoms with Crippen molar-refractivity contribution in [1.29, 1.82) is 0 Å². The topological polar surface area (TPSA) is 76.5 Å². The summed E-state index contributed by atoms with van der Waals surface area (Å²) in [6, 6.07) is 1.84. The highest BCUT2D eigenvalue weighted by atomic mass is 16.5. The first-order chi connectivity index (χ1) is 12.0. The Hall–Kier alpha value is -1.89. The minimum Gasteiger partial charge on any atom is -0.380 e. The molecule has 1 aliphatic carbocycles. The van der Waals surface area contributed by atoms with E-state index < -0.39 is 0 Å². The van der Waals surface area contributed by atoms with Crippen LogP contribution in [0, 0.1) is 18.8 Å². The number of hydrogen-bond donors (Lipinski definition) is 1. The van der Waals surface area contributed by atoms with Gasteiger partial charge in [-0.05, 0) is 38.7 Å². The highest BCUT2D eigenvalue weighted by Crippen LogP contribution is 2.41. The smallest absolute Gasteiger partial charge is 0.269 e. The first kappa shape index (κ1) is 17.9. The molecule has 2 aliphatic rings. The molecule has 25 heavy (non-hydrogen) atoms. The lowest BCUT2D eigenvalue weighted by molar-refractivity contribution is -0.128. The summed E-state index contributed by atoms with van der Waals surface area (Å²) < 4.78 is 7.09. The van der Waals surface area contributed by atoms with Crippen LogP contribution in [-0.2, 0) is 16.1 Å². The first-order valence-electron chi connectivity index (χ1n) is 9.18. The minimum atomic E-state index is -0.113. The SMILES string of the molecule is CCOCCn1nc(C)cc1C(=O)N[C@H]1CN(C(C)=O)C[C@@H]1C1CC1. The molecule has 2 amide bonds. The monoisotopic (exact) mass is 348 g/mol. The fourth-order valence-corrected chi connectivity index (χ4v) is 3.68. The van der Waals surface area contributed by atoms with Crippen LogP contribution in [-0.4, -0.2) is 58.8 Å². The molecule has 7 heteroatoms. The van der Waals surface area contributed by atoms with Crippen LogP contribution in [0.25, 0.3) is 0 Å². The number of aryl methyl sites for hydroxylation is 1. The number of amides is 2. The molecular weight excluding hydrogens is 320 g/mol. The zero-order valence-electron chi connectivity index (χ0n) is 15.3. The Kier molecular flexibility index (Phi) is 5.42. The van der Waals surface area contributed by atoms with Crippen molar-refractivity contribution in [1.82, 2.24) is 20.0 Å². The van der Waals surface area contributed by atoms with Gasteiger partial charge in [-0.25, -0.2) is 0 Å². The molecule has 2 heterocycles. The third-order valence-corrected chi connectivity index (χ3v) is 5.14. The molecule has 0 unspecified atom stereocenters.